The molecule has 6 heteroatoms. The minimum Gasteiger partial charge on any atom is -0.383 e. The van der Waals surface area contributed by atoms with E-state index in [-0.39, 0.29) is 5.84 Å². The topological polar surface area (TPSA) is 62.2 Å². The summed E-state index contributed by atoms with van der Waals surface area (Å²) in [5.41, 5.74) is 8.39. The number of hydrogen-bond donors (Lipinski definition) is 2. The van der Waals surface area contributed by atoms with E-state index >= 15 is 0 Å². The van der Waals surface area contributed by atoms with Gasteiger partial charge in [-0.05, 0) is 46.2 Å². The molecule has 0 spiro atoms. The largest absolute Gasteiger partial charge is 0.383 e. The molecule has 3 aromatic carbocycles. The summed E-state index contributed by atoms with van der Waals surface area (Å²) in [7, 11) is 1.50. The summed E-state index contributed by atoms with van der Waals surface area (Å²) >= 11 is 0. The summed E-state index contributed by atoms with van der Waals surface area (Å²) in [5.74, 6) is -1.83. The second kappa shape index (κ2) is 7.00. The summed E-state index contributed by atoms with van der Waals surface area (Å²) in [4.78, 5) is 3.99. The molecule has 3 aromatic rings. The van der Waals surface area contributed by atoms with Crippen LogP contribution in [-0.2, 0) is 6.67 Å². The van der Waals surface area contributed by atoms with Crippen LogP contribution in [0.4, 0.5) is 13.2 Å². The van der Waals surface area contributed by atoms with Crippen molar-refractivity contribution in [2.45, 2.75) is 6.67 Å². The first kappa shape index (κ1) is 17.7. The number of benzene rings is 3. The number of fused-ring (bicyclic) bond motifs is 1. The second-order valence-corrected chi connectivity index (χ2v) is 5.79. The zero-order valence-corrected chi connectivity index (χ0v) is 14.0. The molecule has 0 amide bonds. The average molecular weight is 355 g/mol. The summed E-state index contributed by atoms with van der Waals surface area (Å²) in [5, 5.41) is 8.52. The molecular formula is C20H16F3N3. The zero-order valence-electron chi connectivity index (χ0n) is 14.0. The lowest BCUT2D eigenvalue weighted by atomic mass is 9.88. The molecule has 0 unspecified atom stereocenters. The lowest BCUT2D eigenvalue weighted by molar-refractivity contribution is 0.485. The zero-order chi connectivity index (χ0) is 18.8. The molecule has 0 fully saturated rings. The highest BCUT2D eigenvalue weighted by molar-refractivity contribution is 6.16. The van der Waals surface area contributed by atoms with Crippen LogP contribution in [0.1, 0.15) is 16.7 Å². The molecule has 132 valence electrons. The number of hydrogen-bond acceptors (Lipinski definition) is 2. The molecule has 0 radical (unpaired) electrons. The van der Waals surface area contributed by atoms with Gasteiger partial charge < -0.3 is 11.1 Å². The van der Waals surface area contributed by atoms with Crippen molar-refractivity contribution >= 4 is 22.8 Å². The van der Waals surface area contributed by atoms with Crippen LogP contribution in [0.15, 0.2) is 47.5 Å². The molecular weight excluding hydrogens is 339 g/mol. The maximum atomic E-state index is 13.9. The normalized spacial score (nSPS) is 11.8. The molecule has 3 nitrogen and oxygen atoms in total. The van der Waals surface area contributed by atoms with Crippen LogP contribution in [0, 0.1) is 17.0 Å². The van der Waals surface area contributed by atoms with E-state index in [0.29, 0.717) is 38.6 Å². The molecule has 0 saturated heterocycles. The number of amidine groups is 1. The van der Waals surface area contributed by atoms with Gasteiger partial charge in [-0.1, -0.05) is 18.2 Å². The summed E-state index contributed by atoms with van der Waals surface area (Å²) < 4.78 is 40.8. The van der Waals surface area contributed by atoms with Crippen LogP contribution in [-0.4, -0.2) is 19.1 Å². The average Bonchev–Trinajstić information content (AvgIpc) is 2.67. The number of nitrogens with zero attached hydrogens (tertiary/aromatic N) is 1. The molecule has 3 rings (SSSR count). The van der Waals surface area contributed by atoms with Gasteiger partial charge in [-0.2, -0.15) is 0 Å². The highest BCUT2D eigenvalue weighted by Crippen LogP contribution is 2.36. The van der Waals surface area contributed by atoms with Gasteiger partial charge in [-0.15, -0.1) is 0 Å². The number of alkyl halides is 1. The van der Waals surface area contributed by atoms with Crippen LogP contribution < -0.4 is 5.73 Å². The van der Waals surface area contributed by atoms with Crippen LogP contribution >= 0.6 is 0 Å². The van der Waals surface area contributed by atoms with Crippen molar-refractivity contribution in [3.8, 4) is 11.1 Å². The fourth-order valence-electron chi connectivity index (χ4n) is 3.03. The maximum absolute atomic E-state index is 13.9. The van der Waals surface area contributed by atoms with Gasteiger partial charge in [0.15, 0.2) is 11.6 Å². The van der Waals surface area contributed by atoms with Gasteiger partial charge in [0, 0.05) is 30.0 Å². The number of nitrogens with two attached hydrogens (primary N) is 1. The Morgan fingerprint density at radius 2 is 1.88 bits per heavy atom. The quantitative estimate of drug-likeness (QED) is 0.522. The predicted molar refractivity (Wildman–Crippen MR) is 98.6 cm³/mol. The lowest BCUT2D eigenvalue weighted by Gasteiger charge is -2.17. The van der Waals surface area contributed by atoms with Crippen LogP contribution in [0.25, 0.3) is 21.9 Å². The Morgan fingerprint density at radius 3 is 2.54 bits per heavy atom. The van der Waals surface area contributed by atoms with E-state index in [2.05, 4.69) is 4.99 Å². The van der Waals surface area contributed by atoms with Crippen LogP contribution in [0.3, 0.4) is 0 Å². The molecule has 0 atom stereocenters. The van der Waals surface area contributed by atoms with Gasteiger partial charge in [-0.25, -0.2) is 13.2 Å². The first-order chi connectivity index (χ1) is 12.5. The van der Waals surface area contributed by atoms with Crippen molar-refractivity contribution in [1.82, 2.24) is 0 Å². The number of nitrogens with one attached hydrogen (secondary N) is 1. The summed E-state index contributed by atoms with van der Waals surface area (Å²) in [6.07, 6.45) is 1.08. The Labute approximate surface area is 148 Å². The molecule has 0 aliphatic heterocycles. The van der Waals surface area contributed by atoms with Crippen molar-refractivity contribution < 1.29 is 13.2 Å². The lowest BCUT2D eigenvalue weighted by Crippen LogP contribution is -2.17. The number of rotatable bonds is 4. The van der Waals surface area contributed by atoms with Crippen molar-refractivity contribution in [2.24, 2.45) is 10.7 Å². The van der Waals surface area contributed by atoms with Crippen LogP contribution in [0.5, 0.6) is 0 Å². The molecule has 26 heavy (non-hydrogen) atoms. The van der Waals surface area contributed by atoms with E-state index in [1.165, 1.54) is 7.05 Å². The Morgan fingerprint density at radius 1 is 1.15 bits per heavy atom. The van der Waals surface area contributed by atoms with E-state index < -0.39 is 18.3 Å². The Balaban J connectivity index is 2.53. The third-order valence-electron chi connectivity index (χ3n) is 4.23. The van der Waals surface area contributed by atoms with Gasteiger partial charge in [0.05, 0.1) is 0 Å². The van der Waals surface area contributed by atoms with Gasteiger partial charge in [-0.3, -0.25) is 4.99 Å². The molecule has 0 heterocycles. The summed E-state index contributed by atoms with van der Waals surface area (Å²) in [6.45, 7) is -0.661. The van der Waals surface area contributed by atoms with Gasteiger partial charge in [0.25, 0.3) is 0 Å². The van der Waals surface area contributed by atoms with Gasteiger partial charge >= 0.3 is 0 Å². The van der Waals surface area contributed by atoms with E-state index in [1.54, 1.807) is 30.3 Å². The SMILES string of the molecule is CN=C(N)c1c(C=N)cc2cc(F)c(F)cc2c1-c1cccc(CF)c1. The minimum atomic E-state index is -0.999. The smallest absolute Gasteiger partial charge is 0.159 e. The minimum absolute atomic E-state index is 0.149. The van der Waals surface area contributed by atoms with E-state index in [0.717, 1.165) is 18.3 Å². The standard InChI is InChI=1S/C20H16F3N3/c1-26-20(25)19-14(10-24)6-13-7-16(22)17(23)8-15(13)18(19)12-4-2-3-11(5-12)9-21/h2-8,10,24H,9H2,1H3,(H2,25,26). The third kappa shape index (κ3) is 2.94. The highest BCUT2D eigenvalue weighted by atomic mass is 19.2. The first-order valence-electron chi connectivity index (χ1n) is 7.84. The fraction of sp³-hybridized carbons (Fsp3) is 0.100. The Hall–Kier alpha value is -3.15. The van der Waals surface area contributed by atoms with Crippen molar-refractivity contribution in [1.29, 1.82) is 5.41 Å². The Bertz CT molecular complexity index is 1040. The van der Waals surface area contributed by atoms with Crippen LogP contribution in [0.2, 0.25) is 0 Å². The third-order valence-corrected chi connectivity index (χ3v) is 4.23. The molecule has 0 aliphatic carbocycles. The molecule has 0 aromatic heterocycles. The molecule has 3 N–H and O–H groups in total. The molecule has 0 saturated carbocycles. The van der Waals surface area contributed by atoms with Gasteiger partial charge in [0.1, 0.15) is 12.5 Å². The van der Waals surface area contributed by atoms with E-state index in [4.69, 9.17) is 11.1 Å². The molecule has 0 bridgehead atoms. The maximum Gasteiger partial charge on any atom is 0.159 e. The monoisotopic (exact) mass is 355 g/mol. The van der Waals surface area contributed by atoms with E-state index in [1.807, 2.05) is 0 Å². The second-order valence-electron chi connectivity index (χ2n) is 5.79. The Kier molecular flexibility index (Phi) is 4.75. The van der Waals surface area contributed by atoms with Crippen molar-refractivity contribution in [2.75, 3.05) is 7.05 Å². The highest BCUT2D eigenvalue weighted by Gasteiger charge is 2.19. The number of halogens is 3. The first-order valence-corrected chi connectivity index (χ1v) is 7.84. The van der Waals surface area contributed by atoms with Gasteiger partial charge in [0.2, 0.25) is 0 Å². The summed E-state index contributed by atoms with van der Waals surface area (Å²) in [6, 6.07) is 10.4. The fourth-order valence-corrected chi connectivity index (χ4v) is 3.03. The van der Waals surface area contributed by atoms with Crippen molar-refractivity contribution in [3.05, 3.63) is 70.8 Å². The van der Waals surface area contributed by atoms with E-state index in [9.17, 15) is 13.2 Å². The number of aliphatic imine (C=N–C) groups is 1. The van der Waals surface area contributed by atoms with Crippen molar-refractivity contribution in [3.63, 3.8) is 0 Å². The predicted octanol–water partition coefficient (Wildman–Crippen LogP) is 4.59. The molecule has 0 aliphatic rings.